The van der Waals surface area contributed by atoms with E-state index in [1.165, 1.54) is 6.07 Å². The molecule has 5 heteroatoms. The normalized spacial score (nSPS) is 24.8. The zero-order valence-corrected chi connectivity index (χ0v) is 12.6. The van der Waals surface area contributed by atoms with Gasteiger partial charge in [-0.1, -0.05) is 6.92 Å². The van der Waals surface area contributed by atoms with Crippen molar-refractivity contribution in [3.8, 4) is 0 Å². The van der Waals surface area contributed by atoms with Crippen molar-refractivity contribution in [1.29, 1.82) is 0 Å². The van der Waals surface area contributed by atoms with Crippen LogP contribution in [0.15, 0.2) is 18.2 Å². The molecule has 0 amide bonds. The quantitative estimate of drug-likeness (QED) is 0.800. The molecule has 0 aromatic heterocycles. The average molecular weight is 297 g/mol. The van der Waals surface area contributed by atoms with Gasteiger partial charge in [0.05, 0.1) is 18.8 Å². The average Bonchev–Trinajstić information content (AvgIpc) is 2.48. The van der Waals surface area contributed by atoms with E-state index in [2.05, 4.69) is 4.90 Å². The number of carbonyl (C=O) groups excluding carboxylic acids is 1. The van der Waals surface area contributed by atoms with Crippen molar-refractivity contribution < 1.29 is 18.3 Å². The number of morpholine rings is 1. The van der Waals surface area contributed by atoms with Gasteiger partial charge in [-0.15, -0.1) is 0 Å². The van der Waals surface area contributed by atoms with Crippen LogP contribution in [0.2, 0.25) is 0 Å². The molecule has 1 aliphatic rings. The van der Waals surface area contributed by atoms with E-state index < -0.39 is 11.6 Å². The first kappa shape index (κ1) is 16.0. The molecule has 2 rings (SSSR count). The molecule has 0 saturated carbocycles. The van der Waals surface area contributed by atoms with Gasteiger partial charge in [-0.3, -0.25) is 9.69 Å². The van der Waals surface area contributed by atoms with Crippen LogP contribution < -0.4 is 0 Å². The summed E-state index contributed by atoms with van der Waals surface area (Å²) in [5, 5.41) is 0. The lowest BCUT2D eigenvalue weighted by Gasteiger charge is -2.41. The van der Waals surface area contributed by atoms with Crippen molar-refractivity contribution in [2.75, 3.05) is 13.2 Å². The molecule has 0 N–H and O–H groups in total. The molecule has 1 saturated heterocycles. The van der Waals surface area contributed by atoms with Gasteiger partial charge >= 0.3 is 0 Å². The summed E-state index contributed by atoms with van der Waals surface area (Å²) >= 11 is 0. The highest BCUT2D eigenvalue weighted by atomic mass is 19.2. The number of ether oxygens (including phenoxy) is 1. The third-order valence-electron chi connectivity index (χ3n) is 4.06. The van der Waals surface area contributed by atoms with Gasteiger partial charge in [-0.25, -0.2) is 8.78 Å². The third-order valence-corrected chi connectivity index (χ3v) is 4.06. The van der Waals surface area contributed by atoms with Crippen LogP contribution in [-0.4, -0.2) is 42.0 Å². The van der Waals surface area contributed by atoms with Crippen LogP contribution in [0.4, 0.5) is 8.78 Å². The number of carbonyl (C=O) groups is 1. The molecule has 3 atom stereocenters. The number of benzene rings is 1. The maximum absolute atomic E-state index is 13.3. The minimum atomic E-state index is -0.990. The van der Waals surface area contributed by atoms with Crippen LogP contribution in [-0.2, 0) is 4.74 Å². The number of rotatable bonds is 4. The molecule has 3 nitrogen and oxygen atoms in total. The Hall–Kier alpha value is -1.33. The molecule has 1 aromatic rings. The van der Waals surface area contributed by atoms with E-state index in [1.54, 1.807) is 0 Å². The summed E-state index contributed by atoms with van der Waals surface area (Å²) in [6.07, 6.45) is 0.940. The number of halogens is 2. The Morgan fingerprint density at radius 2 is 2.14 bits per heavy atom. The summed E-state index contributed by atoms with van der Waals surface area (Å²) in [5.41, 5.74) is 0.204. The zero-order chi connectivity index (χ0) is 15.6. The Morgan fingerprint density at radius 3 is 2.76 bits per heavy atom. The standard InChI is InChI=1S/C16H21F2NO2/c1-4-13-9-21-10(2)8-19(13)11(3)16(20)12-5-6-14(17)15(18)7-12/h5-7,10-11,13H,4,8-9H2,1-3H3. The van der Waals surface area contributed by atoms with E-state index in [-0.39, 0.29) is 29.5 Å². The number of ketones is 1. The molecule has 0 bridgehead atoms. The first-order valence-corrected chi connectivity index (χ1v) is 7.30. The fourth-order valence-electron chi connectivity index (χ4n) is 2.74. The van der Waals surface area contributed by atoms with Gasteiger partial charge in [-0.2, -0.15) is 0 Å². The lowest BCUT2D eigenvalue weighted by atomic mass is 10.00. The lowest BCUT2D eigenvalue weighted by Crippen LogP contribution is -2.54. The van der Waals surface area contributed by atoms with Gasteiger partial charge in [0.2, 0.25) is 0 Å². The van der Waals surface area contributed by atoms with Crippen molar-refractivity contribution in [2.24, 2.45) is 0 Å². The second-order valence-electron chi connectivity index (χ2n) is 5.57. The van der Waals surface area contributed by atoms with Gasteiger partial charge in [-0.05, 0) is 38.5 Å². The highest BCUT2D eigenvalue weighted by Gasteiger charge is 2.32. The maximum atomic E-state index is 13.3. The highest BCUT2D eigenvalue weighted by molar-refractivity contribution is 5.99. The predicted octanol–water partition coefficient (Wildman–Crippen LogP) is 3.04. The second-order valence-corrected chi connectivity index (χ2v) is 5.57. The molecule has 21 heavy (non-hydrogen) atoms. The summed E-state index contributed by atoms with van der Waals surface area (Å²) in [5.74, 6) is -2.12. The monoisotopic (exact) mass is 297 g/mol. The van der Waals surface area contributed by atoms with Gasteiger partial charge in [0, 0.05) is 18.2 Å². The van der Waals surface area contributed by atoms with Crippen molar-refractivity contribution in [3.63, 3.8) is 0 Å². The topological polar surface area (TPSA) is 29.5 Å². The molecule has 1 aromatic carbocycles. The maximum Gasteiger partial charge on any atom is 0.179 e. The molecule has 0 radical (unpaired) electrons. The van der Waals surface area contributed by atoms with Crippen LogP contribution in [0, 0.1) is 11.6 Å². The smallest absolute Gasteiger partial charge is 0.179 e. The van der Waals surface area contributed by atoms with E-state index in [0.717, 1.165) is 18.6 Å². The van der Waals surface area contributed by atoms with Crippen LogP contribution >= 0.6 is 0 Å². The molecule has 116 valence electrons. The molecule has 1 aliphatic heterocycles. The number of Topliss-reactive ketones (excluding diaryl/α,β-unsaturated/α-hetero) is 1. The Morgan fingerprint density at radius 1 is 1.43 bits per heavy atom. The van der Waals surface area contributed by atoms with Gasteiger partial charge in [0.25, 0.3) is 0 Å². The molecule has 0 aliphatic carbocycles. The lowest BCUT2D eigenvalue weighted by molar-refractivity contribution is -0.0648. The van der Waals surface area contributed by atoms with E-state index >= 15 is 0 Å². The molecule has 0 spiro atoms. The van der Waals surface area contributed by atoms with Crippen molar-refractivity contribution in [2.45, 2.75) is 45.4 Å². The Bertz CT molecular complexity index is 521. The highest BCUT2D eigenvalue weighted by Crippen LogP contribution is 2.20. The van der Waals surface area contributed by atoms with E-state index in [4.69, 9.17) is 4.74 Å². The Kier molecular flexibility index (Phi) is 5.06. The summed E-state index contributed by atoms with van der Waals surface area (Å²) in [4.78, 5) is 14.6. The Labute approximate surface area is 123 Å². The predicted molar refractivity (Wildman–Crippen MR) is 76.3 cm³/mol. The fourth-order valence-corrected chi connectivity index (χ4v) is 2.74. The van der Waals surface area contributed by atoms with Gasteiger partial charge in [0.15, 0.2) is 17.4 Å². The second kappa shape index (κ2) is 6.62. The Balaban J connectivity index is 2.18. The summed E-state index contributed by atoms with van der Waals surface area (Å²) < 4.78 is 31.9. The SMILES string of the molecule is CCC1COC(C)CN1C(C)C(=O)c1ccc(F)c(F)c1. The summed E-state index contributed by atoms with van der Waals surface area (Å²) in [6.45, 7) is 7.08. The fraction of sp³-hybridized carbons (Fsp3) is 0.562. The van der Waals surface area contributed by atoms with Crippen LogP contribution in [0.3, 0.4) is 0 Å². The van der Waals surface area contributed by atoms with Crippen LogP contribution in [0.25, 0.3) is 0 Å². The first-order valence-electron chi connectivity index (χ1n) is 7.30. The largest absolute Gasteiger partial charge is 0.376 e. The number of hydrogen-bond acceptors (Lipinski definition) is 3. The van der Waals surface area contributed by atoms with Crippen molar-refractivity contribution >= 4 is 5.78 Å². The van der Waals surface area contributed by atoms with E-state index in [1.807, 2.05) is 20.8 Å². The van der Waals surface area contributed by atoms with Crippen molar-refractivity contribution in [3.05, 3.63) is 35.4 Å². The molecule has 1 heterocycles. The minimum Gasteiger partial charge on any atom is -0.376 e. The van der Waals surface area contributed by atoms with Gasteiger partial charge < -0.3 is 4.74 Å². The molecular formula is C16H21F2NO2. The van der Waals surface area contributed by atoms with Crippen LogP contribution in [0.5, 0.6) is 0 Å². The molecular weight excluding hydrogens is 276 g/mol. The summed E-state index contributed by atoms with van der Waals surface area (Å²) in [7, 11) is 0. The zero-order valence-electron chi connectivity index (χ0n) is 12.6. The third kappa shape index (κ3) is 3.47. The molecule has 1 fully saturated rings. The first-order chi connectivity index (χ1) is 9.93. The number of hydrogen-bond donors (Lipinski definition) is 0. The minimum absolute atomic E-state index is 0.0630. The van der Waals surface area contributed by atoms with E-state index in [9.17, 15) is 13.6 Å². The number of nitrogens with zero attached hydrogens (tertiary/aromatic N) is 1. The molecule has 3 unspecified atom stereocenters. The van der Waals surface area contributed by atoms with Gasteiger partial charge in [0.1, 0.15) is 0 Å². The summed E-state index contributed by atoms with van der Waals surface area (Å²) in [6, 6.07) is 3.09. The van der Waals surface area contributed by atoms with Crippen LogP contribution in [0.1, 0.15) is 37.6 Å². The van der Waals surface area contributed by atoms with Crippen molar-refractivity contribution in [1.82, 2.24) is 4.90 Å². The van der Waals surface area contributed by atoms with E-state index in [0.29, 0.717) is 13.2 Å².